The summed E-state index contributed by atoms with van der Waals surface area (Å²) in [5.74, 6) is 0.337. The van der Waals surface area contributed by atoms with E-state index in [1.165, 1.54) is 6.21 Å². The summed E-state index contributed by atoms with van der Waals surface area (Å²) >= 11 is 3.57. The molecule has 6 heteroatoms. The van der Waals surface area contributed by atoms with Crippen LogP contribution in [0.25, 0.3) is 10.8 Å². The second-order valence-electron chi connectivity index (χ2n) is 5.91. The third-order valence-corrected chi connectivity index (χ3v) is 4.89. The Morgan fingerprint density at radius 2 is 1.93 bits per heavy atom. The zero-order valence-corrected chi connectivity index (χ0v) is 16.3. The van der Waals surface area contributed by atoms with E-state index in [0.29, 0.717) is 17.7 Å². The highest BCUT2D eigenvalue weighted by molar-refractivity contribution is 9.10. The zero-order chi connectivity index (χ0) is 19.2. The number of fused-ring (bicyclic) bond motifs is 1. The van der Waals surface area contributed by atoms with Gasteiger partial charge in [0.05, 0.1) is 10.7 Å². The minimum atomic E-state index is -0.691. The molecule has 1 unspecified atom stereocenters. The Hall–Kier alpha value is -2.86. The van der Waals surface area contributed by atoms with Crippen LogP contribution in [0.1, 0.15) is 18.9 Å². The number of amides is 1. The van der Waals surface area contributed by atoms with E-state index in [-0.39, 0.29) is 11.7 Å². The minimum Gasteiger partial charge on any atom is -0.507 e. The highest BCUT2D eigenvalue weighted by Gasteiger charge is 2.19. The molecule has 27 heavy (non-hydrogen) atoms. The molecular weight excluding hydrogens is 408 g/mol. The number of benzene rings is 3. The second kappa shape index (κ2) is 8.68. The molecule has 0 spiro atoms. The quantitative estimate of drug-likeness (QED) is 0.446. The van der Waals surface area contributed by atoms with Gasteiger partial charge in [0.15, 0.2) is 6.10 Å². The van der Waals surface area contributed by atoms with E-state index in [2.05, 4.69) is 26.5 Å². The number of ether oxygens (including phenoxy) is 1. The molecule has 0 heterocycles. The molecule has 0 fully saturated rings. The first kappa shape index (κ1) is 18.9. The Balaban J connectivity index is 1.71. The molecule has 0 aliphatic carbocycles. The molecule has 0 aliphatic heterocycles. The average Bonchev–Trinajstić information content (AvgIpc) is 2.69. The number of carbonyl (C=O) groups is 1. The number of para-hydroxylation sites is 1. The zero-order valence-electron chi connectivity index (χ0n) is 14.7. The smallest absolute Gasteiger partial charge is 0.281 e. The molecule has 0 radical (unpaired) electrons. The largest absolute Gasteiger partial charge is 0.507 e. The van der Waals surface area contributed by atoms with Gasteiger partial charge in [-0.15, -0.1) is 0 Å². The molecular formula is C21H19BrN2O3. The van der Waals surface area contributed by atoms with Gasteiger partial charge in [-0.3, -0.25) is 4.79 Å². The molecule has 2 N–H and O–H groups in total. The van der Waals surface area contributed by atoms with Gasteiger partial charge in [0, 0.05) is 5.56 Å². The van der Waals surface area contributed by atoms with Gasteiger partial charge >= 0.3 is 0 Å². The van der Waals surface area contributed by atoms with Crippen LogP contribution in [-0.4, -0.2) is 23.3 Å². The van der Waals surface area contributed by atoms with Crippen molar-refractivity contribution in [2.75, 3.05) is 0 Å². The van der Waals surface area contributed by atoms with Crippen LogP contribution in [0.5, 0.6) is 11.5 Å². The van der Waals surface area contributed by atoms with Crippen molar-refractivity contribution in [3.63, 3.8) is 0 Å². The normalized spacial score (nSPS) is 12.2. The van der Waals surface area contributed by atoms with Gasteiger partial charge in [0.1, 0.15) is 11.5 Å². The number of hydrogen-bond acceptors (Lipinski definition) is 4. The number of halogens is 1. The highest BCUT2D eigenvalue weighted by atomic mass is 79.9. The monoisotopic (exact) mass is 426 g/mol. The molecule has 1 amide bonds. The maximum atomic E-state index is 12.4. The SMILES string of the molecule is CCC(Oc1ccc2ccccc2c1Br)C(=O)N/N=C/c1ccccc1O. The van der Waals surface area contributed by atoms with Gasteiger partial charge < -0.3 is 9.84 Å². The standard InChI is InChI=1S/C21H19BrN2O3/c1-2-18(21(26)24-23-13-15-8-4-6-10-17(15)25)27-19-12-11-14-7-3-5-9-16(14)20(19)22/h3-13,18,25H,2H2,1H3,(H,24,26)/b23-13+. The van der Waals surface area contributed by atoms with Crippen LogP contribution < -0.4 is 10.2 Å². The van der Waals surface area contributed by atoms with Crippen LogP contribution in [0, 0.1) is 0 Å². The average molecular weight is 427 g/mol. The van der Waals surface area contributed by atoms with Crippen LogP contribution in [0.3, 0.4) is 0 Å². The number of carbonyl (C=O) groups excluding carboxylic acids is 1. The van der Waals surface area contributed by atoms with Gasteiger partial charge in [-0.1, -0.05) is 49.4 Å². The van der Waals surface area contributed by atoms with Crippen molar-refractivity contribution in [1.82, 2.24) is 5.43 Å². The van der Waals surface area contributed by atoms with Crippen LogP contribution in [0.2, 0.25) is 0 Å². The summed E-state index contributed by atoms with van der Waals surface area (Å²) in [7, 11) is 0. The molecule has 3 aromatic carbocycles. The second-order valence-corrected chi connectivity index (χ2v) is 6.70. The van der Waals surface area contributed by atoms with Crippen molar-refractivity contribution in [3.8, 4) is 11.5 Å². The minimum absolute atomic E-state index is 0.0962. The number of phenols is 1. The third-order valence-electron chi connectivity index (χ3n) is 4.08. The van der Waals surface area contributed by atoms with Gasteiger partial charge in [-0.05, 0) is 51.3 Å². The van der Waals surface area contributed by atoms with E-state index < -0.39 is 6.10 Å². The Bertz CT molecular complexity index is 988. The predicted molar refractivity (Wildman–Crippen MR) is 110 cm³/mol. The molecule has 5 nitrogen and oxygen atoms in total. The molecule has 0 aromatic heterocycles. The lowest BCUT2D eigenvalue weighted by Crippen LogP contribution is -2.35. The lowest BCUT2D eigenvalue weighted by atomic mass is 10.1. The Morgan fingerprint density at radius 1 is 1.19 bits per heavy atom. The van der Waals surface area contributed by atoms with Crippen LogP contribution >= 0.6 is 15.9 Å². The fraction of sp³-hybridized carbons (Fsp3) is 0.143. The van der Waals surface area contributed by atoms with Gasteiger partial charge in [-0.25, -0.2) is 5.43 Å². The number of nitrogens with zero attached hydrogens (tertiary/aromatic N) is 1. The number of aromatic hydroxyl groups is 1. The van der Waals surface area contributed by atoms with Crippen molar-refractivity contribution in [2.24, 2.45) is 5.10 Å². The van der Waals surface area contributed by atoms with Crippen molar-refractivity contribution >= 4 is 38.8 Å². The molecule has 0 saturated carbocycles. The van der Waals surface area contributed by atoms with E-state index in [1.54, 1.807) is 24.3 Å². The Labute approximate surface area is 165 Å². The van der Waals surface area contributed by atoms with E-state index in [4.69, 9.17) is 4.74 Å². The Morgan fingerprint density at radius 3 is 2.70 bits per heavy atom. The summed E-state index contributed by atoms with van der Waals surface area (Å²) in [5, 5.41) is 15.7. The maximum Gasteiger partial charge on any atom is 0.281 e. The van der Waals surface area contributed by atoms with Crippen LogP contribution in [0.15, 0.2) is 70.2 Å². The van der Waals surface area contributed by atoms with Gasteiger partial charge in [0.2, 0.25) is 0 Å². The van der Waals surface area contributed by atoms with E-state index in [9.17, 15) is 9.90 Å². The van der Waals surface area contributed by atoms with Gasteiger partial charge in [0.25, 0.3) is 5.91 Å². The summed E-state index contributed by atoms with van der Waals surface area (Å²) in [5.41, 5.74) is 2.98. The summed E-state index contributed by atoms with van der Waals surface area (Å²) < 4.78 is 6.72. The molecule has 0 aliphatic rings. The molecule has 138 valence electrons. The fourth-order valence-corrected chi connectivity index (χ4v) is 3.20. The first-order valence-corrected chi connectivity index (χ1v) is 9.34. The lowest BCUT2D eigenvalue weighted by Gasteiger charge is -2.17. The first-order chi connectivity index (χ1) is 13.1. The van der Waals surface area contributed by atoms with Crippen molar-refractivity contribution < 1.29 is 14.6 Å². The molecule has 3 rings (SSSR count). The summed E-state index contributed by atoms with van der Waals surface area (Å²) in [4.78, 5) is 12.4. The van der Waals surface area contributed by atoms with E-state index in [0.717, 1.165) is 15.2 Å². The van der Waals surface area contributed by atoms with Crippen molar-refractivity contribution in [1.29, 1.82) is 0 Å². The van der Waals surface area contributed by atoms with Crippen molar-refractivity contribution in [2.45, 2.75) is 19.4 Å². The summed E-state index contributed by atoms with van der Waals surface area (Å²) in [6.07, 6.45) is 1.19. The van der Waals surface area contributed by atoms with Crippen LogP contribution in [-0.2, 0) is 4.79 Å². The topological polar surface area (TPSA) is 70.9 Å². The summed E-state index contributed by atoms with van der Waals surface area (Å²) in [6.45, 7) is 1.87. The van der Waals surface area contributed by atoms with Crippen LogP contribution in [0.4, 0.5) is 0 Å². The molecule has 3 aromatic rings. The third kappa shape index (κ3) is 4.46. The fourth-order valence-electron chi connectivity index (χ4n) is 2.61. The summed E-state index contributed by atoms with van der Waals surface area (Å²) in [6, 6.07) is 18.5. The first-order valence-electron chi connectivity index (χ1n) is 8.55. The number of phenolic OH excluding ortho intramolecular Hbond substituents is 1. The molecule has 0 saturated heterocycles. The highest BCUT2D eigenvalue weighted by Crippen LogP contribution is 2.33. The lowest BCUT2D eigenvalue weighted by molar-refractivity contribution is -0.128. The maximum absolute atomic E-state index is 12.4. The Kier molecular flexibility index (Phi) is 6.08. The predicted octanol–water partition coefficient (Wildman–Crippen LogP) is 4.62. The van der Waals surface area contributed by atoms with E-state index in [1.807, 2.05) is 43.3 Å². The number of nitrogens with one attached hydrogen (secondary N) is 1. The number of hydrazone groups is 1. The van der Waals surface area contributed by atoms with Crippen molar-refractivity contribution in [3.05, 3.63) is 70.7 Å². The number of rotatable bonds is 6. The van der Waals surface area contributed by atoms with Gasteiger partial charge in [-0.2, -0.15) is 5.10 Å². The number of hydrogen-bond donors (Lipinski definition) is 2. The molecule has 0 bridgehead atoms. The molecule has 1 atom stereocenters. The van der Waals surface area contributed by atoms with E-state index >= 15 is 0 Å².